The van der Waals surface area contributed by atoms with Crippen molar-refractivity contribution in [1.29, 1.82) is 0 Å². The van der Waals surface area contributed by atoms with Crippen molar-refractivity contribution in [1.82, 2.24) is 10.2 Å². The van der Waals surface area contributed by atoms with Gasteiger partial charge in [0.25, 0.3) is 0 Å². The van der Waals surface area contributed by atoms with Crippen LogP contribution in [0.25, 0.3) is 0 Å². The van der Waals surface area contributed by atoms with Gasteiger partial charge in [0.15, 0.2) is 0 Å². The van der Waals surface area contributed by atoms with Gasteiger partial charge in [0.2, 0.25) is 5.91 Å². The van der Waals surface area contributed by atoms with E-state index >= 15 is 0 Å². The number of nitrogens with zero attached hydrogens (tertiary/aromatic N) is 1. The van der Waals surface area contributed by atoms with Gasteiger partial charge in [-0.1, -0.05) is 6.07 Å². The van der Waals surface area contributed by atoms with E-state index in [1.54, 1.807) is 25.6 Å². The minimum absolute atomic E-state index is 0.0279. The van der Waals surface area contributed by atoms with Crippen molar-refractivity contribution in [2.24, 2.45) is 0 Å². The standard InChI is InChI=1S/C22H30N2O4S/c1-15(18-13-17(27-2)8-9-20(18)28-3)23-22(26)14-24-10-4-6-16(24)12-19(25)21-7-5-11-29-21/h5,7-9,11,13,15-16,19,25H,4,6,10,12,14H2,1-3H3,(H,23,26). The van der Waals surface area contributed by atoms with Crippen LogP contribution >= 0.6 is 11.3 Å². The summed E-state index contributed by atoms with van der Waals surface area (Å²) in [6.45, 7) is 3.15. The number of rotatable bonds is 9. The Morgan fingerprint density at radius 3 is 2.86 bits per heavy atom. The number of ether oxygens (including phenoxy) is 2. The van der Waals surface area contributed by atoms with Crippen LogP contribution in [-0.4, -0.2) is 49.3 Å². The second kappa shape index (κ2) is 10.1. The molecule has 0 aliphatic carbocycles. The van der Waals surface area contributed by atoms with Gasteiger partial charge in [0, 0.05) is 16.5 Å². The average Bonchev–Trinajstić information content (AvgIpc) is 3.40. The zero-order valence-electron chi connectivity index (χ0n) is 17.3. The van der Waals surface area contributed by atoms with Crippen molar-refractivity contribution in [2.75, 3.05) is 27.3 Å². The molecular formula is C22H30N2O4S. The Bertz CT molecular complexity index is 796. The van der Waals surface area contributed by atoms with Crippen molar-refractivity contribution >= 4 is 17.2 Å². The van der Waals surface area contributed by atoms with E-state index in [4.69, 9.17) is 9.47 Å². The molecule has 1 saturated heterocycles. The van der Waals surface area contributed by atoms with E-state index in [1.165, 1.54) is 0 Å². The molecule has 7 heteroatoms. The van der Waals surface area contributed by atoms with Gasteiger partial charge in [0.1, 0.15) is 11.5 Å². The first-order chi connectivity index (χ1) is 14.0. The number of likely N-dealkylation sites (tertiary alicyclic amines) is 1. The zero-order chi connectivity index (χ0) is 20.8. The lowest BCUT2D eigenvalue weighted by Gasteiger charge is -2.26. The van der Waals surface area contributed by atoms with E-state index in [1.807, 2.05) is 42.6 Å². The summed E-state index contributed by atoms with van der Waals surface area (Å²) in [7, 11) is 3.24. The molecule has 0 radical (unpaired) electrons. The Labute approximate surface area is 176 Å². The first-order valence-electron chi connectivity index (χ1n) is 9.98. The maximum Gasteiger partial charge on any atom is 0.234 e. The van der Waals surface area contributed by atoms with Gasteiger partial charge in [-0.15, -0.1) is 11.3 Å². The molecule has 29 heavy (non-hydrogen) atoms. The van der Waals surface area contributed by atoms with Gasteiger partial charge in [-0.2, -0.15) is 0 Å². The maximum absolute atomic E-state index is 12.7. The summed E-state index contributed by atoms with van der Waals surface area (Å²) >= 11 is 1.57. The van der Waals surface area contributed by atoms with E-state index in [-0.39, 0.29) is 18.0 Å². The third-order valence-corrected chi connectivity index (χ3v) is 6.47. The number of aliphatic hydroxyl groups is 1. The van der Waals surface area contributed by atoms with Crippen LogP contribution in [0.5, 0.6) is 11.5 Å². The molecule has 3 rings (SSSR count). The summed E-state index contributed by atoms with van der Waals surface area (Å²) < 4.78 is 10.7. The fourth-order valence-corrected chi connectivity index (χ4v) is 4.68. The van der Waals surface area contributed by atoms with Gasteiger partial charge < -0.3 is 19.9 Å². The molecule has 0 bridgehead atoms. The van der Waals surface area contributed by atoms with E-state index in [9.17, 15) is 9.90 Å². The number of nitrogens with one attached hydrogen (secondary N) is 1. The van der Waals surface area contributed by atoms with Crippen LogP contribution in [-0.2, 0) is 4.79 Å². The highest BCUT2D eigenvalue weighted by Crippen LogP contribution is 2.31. The minimum atomic E-state index is -0.469. The van der Waals surface area contributed by atoms with Crippen molar-refractivity contribution < 1.29 is 19.4 Å². The Morgan fingerprint density at radius 2 is 2.17 bits per heavy atom. The van der Waals surface area contributed by atoms with E-state index in [0.29, 0.717) is 13.0 Å². The number of amides is 1. The first-order valence-corrected chi connectivity index (χ1v) is 10.9. The van der Waals surface area contributed by atoms with Crippen molar-refractivity contribution in [3.8, 4) is 11.5 Å². The number of carbonyl (C=O) groups excluding carboxylic acids is 1. The SMILES string of the molecule is COc1ccc(OC)c(C(C)NC(=O)CN2CCCC2CC(O)c2cccs2)c1. The summed E-state index contributed by atoms with van der Waals surface area (Å²) in [6.07, 6.45) is 2.25. The van der Waals surface area contributed by atoms with Crippen LogP contribution < -0.4 is 14.8 Å². The summed E-state index contributed by atoms with van der Waals surface area (Å²) in [4.78, 5) is 15.9. The molecule has 1 aromatic heterocycles. The van der Waals surface area contributed by atoms with Crippen LogP contribution in [0.4, 0.5) is 0 Å². The molecule has 1 aliphatic heterocycles. The van der Waals surface area contributed by atoms with E-state index in [0.717, 1.165) is 41.3 Å². The Hall–Kier alpha value is -2.09. The van der Waals surface area contributed by atoms with Gasteiger partial charge in [-0.3, -0.25) is 9.69 Å². The monoisotopic (exact) mass is 418 g/mol. The molecule has 1 aliphatic rings. The number of hydrogen-bond donors (Lipinski definition) is 2. The summed E-state index contributed by atoms with van der Waals surface area (Å²) in [5.41, 5.74) is 0.881. The fourth-order valence-electron chi connectivity index (χ4n) is 3.95. The van der Waals surface area contributed by atoms with E-state index in [2.05, 4.69) is 10.2 Å². The van der Waals surface area contributed by atoms with Crippen LogP contribution in [0.3, 0.4) is 0 Å². The largest absolute Gasteiger partial charge is 0.497 e. The molecule has 0 spiro atoms. The molecule has 2 aromatic rings. The van der Waals surface area contributed by atoms with Crippen molar-refractivity contribution in [2.45, 2.75) is 44.4 Å². The summed E-state index contributed by atoms with van der Waals surface area (Å²) in [5.74, 6) is 1.42. The maximum atomic E-state index is 12.7. The molecule has 2 heterocycles. The van der Waals surface area contributed by atoms with Crippen LogP contribution in [0.15, 0.2) is 35.7 Å². The zero-order valence-corrected chi connectivity index (χ0v) is 18.1. The Kier molecular flexibility index (Phi) is 7.52. The van der Waals surface area contributed by atoms with Gasteiger partial charge in [-0.05, 0) is 62.4 Å². The molecule has 1 aromatic carbocycles. The number of hydrogen-bond acceptors (Lipinski definition) is 6. The summed E-state index contributed by atoms with van der Waals surface area (Å²) in [5, 5.41) is 15.5. The summed E-state index contributed by atoms with van der Waals surface area (Å²) in [6, 6.07) is 9.51. The van der Waals surface area contributed by atoms with Crippen molar-refractivity contribution in [3.63, 3.8) is 0 Å². The van der Waals surface area contributed by atoms with E-state index < -0.39 is 6.10 Å². The molecule has 0 saturated carbocycles. The van der Waals surface area contributed by atoms with Crippen LogP contribution in [0.1, 0.15) is 48.8 Å². The van der Waals surface area contributed by atoms with Gasteiger partial charge >= 0.3 is 0 Å². The van der Waals surface area contributed by atoms with Crippen molar-refractivity contribution in [3.05, 3.63) is 46.2 Å². The Morgan fingerprint density at radius 1 is 1.34 bits per heavy atom. The van der Waals surface area contributed by atoms with Gasteiger partial charge in [0.05, 0.1) is 32.9 Å². The number of carbonyl (C=O) groups is 1. The molecule has 6 nitrogen and oxygen atoms in total. The highest BCUT2D eigenvalue weighted by atomic mass is 32.1. The lowest BCUT2D eigenvalue weighted by Crippen LogP contribution is -2.41. The quantitative estimate of drug-likeness (QED) is 0.652. The highest BCUT2D eigenvalue weighted by Gasteiger charge is 2.29. The average molecular weight is 419 g/mol. The van der Waals surface area contributed by atoms with Crippen LogP contribution in [0.2, 0.25) is 0 Å². The third-order valence-electron chi connectivity index (χ3n) is 5.49. The minimum Gasteiger partial charge on any atom is -0.497 e. The number of benzene rings is 1. The van der Waals surface area contributed by atoms with Crippen LogP contribution in [0, 0.1) is 0 Å². The number of aliphatic hydroxyl groups excluding tert-OH is 1. The predicted octanol–water partition coefficient (Wildman–Crippen LogP) is 3.53. The second-order valence-electron chi connectivity index (χ2n) is 7.43. The number of thiophene rings is 1. The molecule has 158 valence electrons. The normalized spacial score (nSPS) is 19.0. The molecule has 1 amide bonds. The third kappa shape index (κ3) is 5.50. The molecule has 1 fully saturated rings. The number of methoxy groups -OCH3 is 2. The smallest absolute Gasteiger partial charge is 0.234 e. The first kappa shape index (κ1) is 21.6. The predicted molar refractivity (Wildman–Crippen MR) is 115 cm³/mol. The second-order valence-corrected chi connectivity index (χ2v) is 8.41. The topological polar surface area (TPSA) is 71.0 Å². The molecule has 3 atom stereocenters. The molecule has 2 N–H and O–H groups in total. The molecular weight excluding hydrogens is 388 g/mol. The fraction of sp³-hybridized carbons (Fsp3) is 0.500. The lowest BCUT2D eigenvalue weighted by atomic mass is 10.1. The highest BCUT2D eigenvalue weighted by molar-refractivity contribution is 7.10. The molecule has 3 unspecified atom stereocenters. The lowest BCUT2D eigenvalue weighted by molar-refractivity contribution is -0.123. The van der Waals surface area contributed by atoms with Gasteiger partial charge in [-0.25, -0.2) is 0 Å². The Balaban J connectivity index is 1.58.